The number of unbranched alkanes of at least 4 members (excludes halogenated alkanes) is 1. The van der Waals surface area contributed by atoms with Gasteiger partial charge in [-0.25, -0.2) is 0 Å². The van der Waals surface area contributed by atoms with Crippen LogP contribution >= 0.6 is 15.9 Å². The lowest BCUT2D eigenvalue weighted by molar-refractivity contribution is 0.112. The van der Waals surface area contributed by atoms with E-state index in [4.69, 9.17) is 0 Å². The predicted octanol–water partition coefficient (Wildman–Crippen LogP) is 5.71. The third kappa shape index (κ3) is 4.10. The normalized spacial score (nSPS) is 10.8. The van der Waals surface area contributed by atoms with E-state index in [1.165, 1.54) is 0 Å². The molecule has 3 aromatic rings. The van der Waals surface area contributed by atoms with Gasteiger partial charge in [-0.1, -0.05) is 60.4 Å². The van der Waals surface area contributed by atoms with E-state index in [0.717, 1.165) is 46.7 Å². The van der Waals surface area contributed by atoms with Gasteiger partial charge in [-0.05, 0) is 46.1 Å². The third-order valence-corrected chi connectivity index (χ3v) is 4.86. The zero-order valence-corrected chi connectivity index (χ0v) is 15.4. The van der Waals surface area contributed by atoms with Crippen LogP contribution in [0.25, 0.3) is 17.0 Å². The summed E-state index contributed by atoms with van der Waals surface area (Å²) in [7, 11) is 0. The van der Waals surface area contributed by atoms with Crippen LogP contribution in [0.3, 0.4) is 0 Å². The lowest BCUT2D eigenvalue weighted by Crippen LogP contribution is -1.98. The van der Waals surface area contributed by atoms with Gasteiger partial charge >= 0.3 is 0 Å². The molecule has 0 radical (unpaired) electrons. The van der Waals surface area contributed by atoms with E-state index in [0.29, 0.717) is 5.56 Å². The third-order valence-electron chi connectivity index (χ3n) is 4.01. The zero-order chi connectivity index (χ0) is 17.5. The van der Waals surface area contributed by atoms with E-state index >= 15 is 0 Å². The highest BCUT2D eigenvalue weighted by atomic mass is 79.9. The number of carbonyl (C=O) groups is 1. The van der Waals surface area contributed by atoms with Crippen molar-refractivity contribution in [3.63, 3.8) is 0 Å². The summed E-state index contributed by atoms with van der Waals surface area (Å²) in [4.78, 5) is 11.3. The minimum absolute atomic E-state index is 0.715. The van der Waals surface area contributed by atoms with Crippen LogP contribution < -0.4 is 0 Å². The number of carbonyl (C=O) groups excluding carboxylic acids is 1. The van der Waals surface area contributed by atoms with Crippen molar-refractivity contribution in [3.8, 4) is 11.8 Å². The van der Waals surface area contributed by atoms with E-state index in [-0.39, 0.29) is 0 Å². The number of aldehydes is 1. The van der Waals surface area contributed by atoms with Crippen molar-refractivity contribution in [2.45, 2.75) is 19.4 Å². The molecule has 124 valence electrons. The number of aromatic nitrogens is 1. The van der Waals surface area contributed by atoms with Crippen molar-refractivity contribution in [2.75, 3.05) is 0 Å². The number of nitrogens with zero attached hydrogens (tertiary/aromatic N) is 1. The van der Waals surface area contributed by atoms with Gasteiger partial charge < -0.3 is 4.57 Å². The van der Waals surface area contributed by atoms with Gasteiger partial charge in [0.05, 0.1) is 10.2 Å². The lowest BCUT2D eigenvalue weighted by atomic mass is 10.2. The topological polar surface area (TPSA) is 22.0 Å². The molecule has 0 fully saturated rings. The first kappa shape index (κ1) is 17.3. The molecule has 0 unspecified atom stereocenters. The van der Waals surface area contributed by atoms with Gasteiger partial charge in [0.15, 0.2) is 6.29 Å². The first-order valence-electron chi connectivity index (χ1n) is 8.23. The Morgan fingerprint density at radius 1 is 1.04 bits per heavy atom. The van der Waals surface area contributed by atoms with Crippen LogP contribution in [0.1, 0.15) is 28.8 Å². The molecule has 0 amide bonds. The Hall–Kier alpha value is -2.57. The van der Waals surface area contributed by atoms with Gasteiger partial charge in [-0.2, -0.15) is 0 Å². The number of benzene rings is 2. The molecule has 0 atom stereocenters. The second kappa shape index (κ2) is 8.50. The van der Waals surface area contributed by atoms with Crippen LogP contribution in [0.5, 0.6) is 0 Å². The molecule has 0 N–H and O–H groups in total. The maximum atomic E-state index is 11.3. The molecule has 0 spiro atoms. The standard InChI is InChI=1S/C22H18BrNO/c23-22-20(17-25)19-14-8-9-15-21(19)24(22)16-10-3-1-2-5-11-18-12-6-4-7-13-18/h4-9,11-15,17H,3,10,16H2/b11-5+. The highest BCUT2D eigenvalue weighted by Gasteiger charge is 2.13. The number of rotatable bonds is 5. The molecule has 1 heterocycles. The van der Waals surface area contributed by atoms with E-state index in [9.17, 15) is 4.79 Å². The maximum Gasteiger partial charge on any atom is 0.153 e. The van der Waals surface area contributed by atoms with Crippen LogP contribution in [0.2, 0.25) is 0 Å². The van der Waals surface area contributed by atoms with Crippen molar-refractivity contribution in [2.24, 2.45) is 0 Å². The second-order valence-corrected chi connectivity index (χ2v) is 6.41. The summed E-state index contributed by atoms with van der Waals surface area (Å²) in [6.45, 7) is 0.825. The van der Waals surface area contributed by atoms with Crippen molar-refractivity contribution >= 4 is 39.2 Å². The highest BCUT2D eigenvalue weighted by molar-refractivity contribution is 9.10. The largest absolute Gasteiger partial charge is 0.335 e. The molecule has 3 heteroatoms. The summed E-state index contributed by atoms with van der Waals surface area (Å²) >= 11 is 3.56. The van der Waals surface area contributed by atoms with Crippen molar-refractivity contribution in [3.05, 3.63) is 76.4 Å². The first-order valence-corrected chi connectivity index (χ1v) is 9.02. The molecule has 0 saturated heterocycles. The van der Waals surface area contributed by atoms with Crippen LogP contribution in [-0.2, 0) is 6.54 Å². The van der Waals surface area contributed by atoms with Crippen LogP contribution in [0.15, 0.2) is 65.3 Å². The monoisotopic (exact) mass is 391 g/mol. The molecule has 25 heavy (non-hydrogen) atoms. The number of halogens is 1. The summed E-state index contributed by atoms with van der Waals surface area (Å²) in [5.74, 6) is 6.26. The summed E-state index contributed by atoms with van der Waals surface area (Å²) in [5.41, 5.74) is 2.95. The van der Waals surface area contributed by atoms with Crippen LogP contribution in [-0.4, -0.2) is 10.9 Å². The Bertz CT molecular complexity index is 958. The SMILES string of the molecule is O=Cc1c(Br)n(CCCC#C/C=C/c2ccccc2)c2ccccc12. The molecule has 1 aromatic heterocycles. The van der Waals surface area contributed by atoms with Gasteiger partial charge in [-0.15, -0.1) is 0 Å². The molecule has 3 rings (SSSR count). The molecule has 2 aromatic carbocycles. The molecular formula is C22H18BrNO. The summed E-state index contributed by atoms with van der Waals surface area (Å²) < 4.78 is 2.99. The Morgan fingerprint density at radius 3 is 2.60 bits per heavy atom. The minimum atomic E-state index is 0.715. The number of para-hydroxylation sites is 1. The minimum Gasteiger partial charge on any atom is -0.335 e. The number of hydrogen-bond donors (Lipinski definition) is 0. The number of hydrogen-bond acceptors (Lipinski definition) is 1. The quantitative estimate of drug-likeness (QED) is 0.310. The van der Waals surface area contributed by atoms with Gasteiger partial charge in [0, 0.05) is 23.9 Å². The fraction of sp³-hybridized carbons (Fsp3) is 0.136. The Labute approximate surface area is 156 Å². The van der Waals surface area contributed by atoms with Gasteiger partial charge in [0.25, 0.3) is 0 Å². The first-order chi connectivity index (χ1) is 12.3. The predicted molar refractivity (Wildman–Crippen MR) is 108 cm³/mol. The lowest BCUT2D eigenvalue weighted by Gasteiger charge is -2.05. The van der Waals surface area contributed by atoms with Gasteiger partial charge in [-0.3, -0.25) is 4.79 Å². The smallest absolute Gasteiger partial charge is 0.153 e. The molecule has 2 nitrogen and oxygen atoms in total. The summed E-state index contributed by atoms with van der Waals surface area (Å²) in [5, 5.41) is 0.987. The van der Waals surface area contributed by atoms with Gasteiger partial charge in [0.2, 0.25) is 0 Å². The fourth-order valence-corrected chi connectivity index (χ4v) is 3.46. The van der Waals surface area contributed by atoms with E-state index in [1.54, 1.807) is 0 Å². The number of allylic oxidation sites excluding steroid dienone is 1. The second-order valence-electron chi connectivity index (χ2n) is 5.66. The van der Waals surface area contributed by atoms with Crippen LogP contribution in [0.4, 0.5) is 0 Å². The van der Waals surface area contributed by atoms with E-state index in [1.807, 2.05) is 54.6 Å². The molecule has 0 saturated carbocycles. The summed E-state index contributed by atoms with van der Waals surface area (Å²) in [6.07, 6.45) is 6.56. The zero-order valence-electron chi connectivity index (χ0n) is 13.8. The van der Waals surface area contributed by atoms with Crippen molar-refractivity contribution < 1.29 is 4.79 Å². The average molecular weight is 392 g/mol. The van der Waals surface area contributed by atoms with Gasteiger partial charge in [0.1, 0.15) is 0 Å². The molecule has 0 aliphatic rings. The summed E-state index contributed by atoms with van der Waals surface area (Å²) in [6, 6.07) is 18.1. The number of fused-ring (bicyclic) bond motifs is 1. The maximum absolute atomic E-state index is 11.3. The molecule has 0 aliphatic carbocycles. The van der Waals surface area contributed by atoms with E-state index in [2.05, 4.69) is 44.5 Å². The Balaban J connectivity index is 1.61. The molecule has 0 bridgehead atoms. The molecular weight excluding hydrogens is 374 g/mol. The molecule has 0 aliphatic heterocycles. The fourth-order valence-electron chi connectivity index (χ4n) is 2.79. The van der Waals surface area contributed by atoms with Crippen molar-refractivity contribution in [1.82, 2.24) is 4.57 Å². The van der Waals surface area contributed by atoms with Crippen LogP contribution in [0, 0.1) is 11.8 Å². The Kier molecular flexibility index (Phi) is 5.87. The van der Waals surface area contributed by atoms with E-state index < -0.39 is 0 Å². The van der Waals surface area contributed by atoms with Crippen molar-refractivity contribution in [1.29, 1.82) is 0 Å². The average Bonchev–Trinajstić information content (AvgIpc) is 2.93. The highest BCUT2D eigenvalue weighted by Crippen LogP contribution is 2.29. The Morgan fingerprint density at radius 2 is 1.80 bits per heavy atom. The number of aryl methyl sites for hydroxylation is 1.